The van der Waals surface area contributed by atoms with E-state index in [1.807, 2.05) is 13.8 Å². The Kier molecular flexibility index (Phi) is 7.70. The Morgan fingerprint density at radius 3 is 2.30 bits per heavy atom. The van der Waals surface area contributed by atoms with Gasteiger partial charge in [0.05, 0.1) is 48.3 Å². The Balaban J connectivity index is 2.08. The predicted molar refractivity (Wildman–Crippen MR) is 125 cm³/mol. The molecule has 0 spiro atoms. The molecule has 10 heteroatoms. The smallest absolute Gasteiger partial charge is 0.335 e. The van der Waals surface area contributed by atoms with Gasteiger partial charge in [-0.15, -0.1) is 0 Å². The summed E-state index contributed by atoms with van der Waals surface area (Å²) in [5, 5.41) is 9.38. The number of nitrogens with one attached hydrogen (secondary N) is 1. The number of carbonyl (C=O) groups is 1. The first-order valence-corrected chi connectivity index (χ1v) is 12.3. The van der Waals surface area contributed by atoms with Gasteiger partial charge in [0.25, 0.3) is 10.0 Å². The molecule has 0 atom stereocenters. The molecule has 0 bridgehead atoms. The lowest BCUT2D eigenvalue weighted by molar-refractivity contribution is 0.0696. The fraction of sp³-hybridized carbons (Fsp3) is 0.435. The van der Waals surface area contributed by atoms with Crippen LogP contribution in [0, 0.1) is 13.8 Å². The molecule has 0 aliphatic carbocycles. The lowest BCUT2D eigenvalue weighted by Crippen LogP contribution is -2.36. The van der Waals surface area contributed by atoms with E-state index in [1.165, 1.54) is 12.1 Å². The zero-order chi connectivity index (χ0) is 24.2. The summed E-state index contributed by atoms with van der Waals surface area (Å²) in [5.41, 5.74) is 1.96. The van der Waals surface area contributed by atoms with Gasteiger partial charge in [-0.3, -0.25) is 4.72 Å². The summed E-state index contributed by atoms with van der Waals surface area (Å²) in [6.07, 6.45) is 0. The minimum Gasteiger partial charge on any atom is -0.492 e. The summed E-state index contributed by atoms with van der Waals surface area (Å²) < 4.78 is 46.3. The van der Waals surface area contributed by atoms with E-state index in [9.17, 15) is 18.3 Å². The Morgan fingerprint density at radius 1 is 1.06 bits per heavy atom. The van der Waals surface area contributed by atoms with Crippen LogP contribution in [0.15, 0.2) is 29.2 Å². The van der Waals surface area contributed by atoms with Crippen LogP contribution in [-0.2, 0) is 14.8 Å². The highest BCUT2D eigenvalue weighted by Gasteiger charge is 2.25. The number of aryl methyl sites for hydroxylation is 1. The zero-order valence-corrected chi connectivity index (χ0v) is 20.1. The second kappa shape index (κ2) is 10.3. The van der Waals surface area contributed by atoms with E-state index in [-0.39, 0.29) is 16.1 Å². The minimum atomic E-state index is -4.12. The summed E-state index contributed by atoms with van der Waals surface area (Å²) in [6, 6.07) is 6.00. The molecule has 180 valence electrons. The molecular weight excluding hydrogens is 448 g/mol. The molecule has 1 fully saturated rings. The maximum Gasteiger partial charge on any atom is 0.335 e. The number of anilines is 2. The van der Waals surface area contributed by atoms with Crippen molar-refractivity contribution < 1.29 is 32.5 Å². The maximum absolute atomic E-state index is 13.3. The number of hydrogen-bond donors (Lipinski definition) is 2. The largest absolute Gasteiger partial charge is 0.492 e. The van der Waals surface area contributed by atoms with Crippen molar-refractivity contribution in [1.82, 2.24) is 0 Å². The summed E-state index contributed by atoms with van der Waals surface area (Å²) in [5.74, 6) is -0.319. The molecule has 2 aromatic carbocycles. The molecule has 2 aromatic rings. The number of carboxylic acid groups (broad SMARTS) is 1. The van der Waals surface area contributed by atoms with Crippen molar-refractivity contribution in [3.05, 3.63) is 41.0 Å². The van der Waals surface area contributed by atoms with Gasteiger partial charge in [0.15, 0.2) is 0 Å². The van der Waals surface area contributed by atoms with Crippen molar-refractivity contribution in [3.8, 4) is 11.5 Å². The number of hydrogen-bond acceptors (Lipinski definition) is 7. The minimum absolute atomic E-state index is 0.0961. The summed E-state index contributed by atoms with van der Waals surface area (Å²) >= 11 is 0. The maximum atomic E-state index is 13.3. The fourth-order valence-electron chi connectivity index (χ4n) is 3.66. The molecule has 2 N–H and O–H groups in total. The van der Waals surface area contributed by atoms with Gasteiger partial charge in [-0.25, -0.2) is 13.2 Å². The summed E-state index contributed by atoms with van der Waals surface area (Å²) in [7, 11) is -4.12. The summed E-state index contributed by atoms with van der Waals surface area (Å²) in [6.45, 7) is 10.2. The highest BCUT2D eigenvalue weighted by molar-refractivity contribution is 7.92. The average Bonchev–Trinajstić information content (AvgIpc) is 2.77. The predicted octanol–water partition coefficient (Wildman–Crippen LogP) is 3.44. The van der Waals surface area contributed by atoms with Crippen LogP contribution in [0.25, 0.3) is 0 Å². The first kappa shape index (κ1) is 24.7. The number of benzene rings is 2. The van der Waals surface area contributed by atoms with Gasteiger partial charge in [0.2, 0.25) is 0 Å². The first-order chi connectivity index (χ1) is 15.7. The molecule has 0 saturated carbocycles. The van der Waals surface area contributed by atoms with E-state index in [0.29, 0.717) is 62.1 Å². The molecule has 0 unspecified atom stereocenters. The first-order valence-electron chi connectivity index (χ1n) is 10.8. The second-order valence-electron chi connectivity index (χ2n) is 7.61. The number of carboxylic acids is 1. The summed E-state index contributed by atoms with van der Waals surface area (Å²) in [4.78, 5) is 13.5. The molecule has 0 aromatic heterocycles. The Bertz CT molecular complexity index is 1130. The van der Waals surface area contributed by atoms with Crippen LogP contribution in [0.2, 0.25) is 0 Å². The Morgan fingerprint density at radius 2 is 1.70 bits per heavy atom. The lowest BCUT2D eigenvalue weighted by atomic mass is 10.1. The SMILES string of the molecule is CCOc1cc(N2CCOCC2)c(OCC)cc1NS(=O)(=O)c1cc(C(=O)O)cc(C)c1C. The highest BCUT2D eigenvalue weighted by atomic mass is 32.2. The van der Waals surface area contributed by atoms with Crippen LogP contribution in [0.4, 0.5) is 11.4 Å². The van der Waals surface area contributed by atoms with Gasteiger partial charge in [-0.2, -0.15) is 0 Å². The van der Waals surface area contributed by atoms with E-state index in [4.69, 9.17) is 14.2 Å². The third-order valence-electron chi connectivity index (χ3n) is 5.41. The average molecular weight is 479 g/mol. The van der Waals surface area contributed by atoms with Crippen LogP contribution in [0.5, 0.6) is 11.5 Å². The number of nitrogens with zero attached hydrogens (tertiary/aromatic N) is 1. The van der Waals surface area contributed by atoms with Crippen molar-refractivity contribution in [2.24, 2.45) is 0 Å². The third kappa shape index (κ3) is 5.51. The number of sulfonamides is 1. The highest BCUT2D eigenvalue weighted by Crippen LogP contribution is 2.40. The Labute approximate surface area is 194 Å². The van der Waals surface area contributed by atoms with E-state index < -0.39 is 16.0 Å². The molecule has 0 radical (unpaired) electrons. The van der Waals surface area contributed by atoms with E-state index >= 15 is 0 Å². The van der Waals surface area contributed by atoms with Crippen molar-refractivity contribution in [2.75, 3.05) is 49.1 Å². The molecule has 3 rings (SSSR count). The standard InChI is InChI=1S/C23H30N2O7S/c1-5-31-20-14-19(25-7-9-30-10-8-25)21(32-6-2)13-18(20)24-33(28,29)22-12-17(23(26)27)11-15(3)16(22)4/h11-14,24H,5-10H2,1-4H3,(H,26,27). The van der Waals surface area contributed by atoms with E-state index in [2.05, 4.69) is 9.62 Å². The van der Waals surface area contributed by atoms with Crippen molar-refractivity contribution in [1.29, 1.82) is 0 Å². The third-order valence-corrected chi connectivity index (χ3v) is 6.90. The lowest BCUT2D eigenvalue weighted by Gasteiger charge is -2.31. The molecular formula is C23H30N2O7S. The van der Waals surface area contributed by atoms with Gasteiger partial charge in [-0.1, -0.05) is 0 Å². The fourth-order valence-corrected chi connectivity index (χ4v) is 5.06. The quantitative estimate of drug-likeness (QED) is 0.563. The Hall–Kier alpha value is -2.98. The molecule has 1 aliphatic rings. The van der Waals surface area contributed by atoms with Gasteiger partial charge < -0.3 is 24.2 Å². The number of rotatable bonds is 9. The van der Waals surface area contributed by atoms with Gasteiger partial charge in [0.1, 0.15) is 11.5 Å². The number of aromatic carboxylic acids is 1. The van der Waals surface area contributed by atoms with Crippen LogP contribution in [0.1, 0.15) is 35.3 Å². The zero-order valence-electron chi connectivity index (χ0n) is 19.3. The van der Waals surface area contributed by atoms with Crippen LogP contribution < -0.4 is 19.1 Å². The number of morpholine rings is 1. The molecule has 0 amide bonds. The molecule has 1 aliphatic heterocycles. The second-order valence-corrected chi connectivity index (χ2v) is 9.26. The number of ether oxygens (including phenoxy) is 3. The normalized spacial score (nSPS) is 14.1. The van der Waals surface area contributed by atoms with Crippen molar-refractivity contribution in [3.63, 3.8) is 0 Å². The van der Waals surface area contributed by atoms with Crippen LogP contribution in [0.3, 0.4) is 0 Å². The van der Waals surface area contributed by atoms with Crippen molar-refractivity contribution in [2.45, 2.75) is 32.6 Å². The van der Waals surface area contributed by atoms with Crippen LogP contribution >= 0.6 is 0 Å². The van der Waals surface area contributed by atoms with Gasteiger partial charge in [0, 0.05) is 25.2 Å². The molecule has 33 heavy (non-hydrogen) atoms. The van der Waals surface area contributed by atoms with Gasteiger partial charge in [-0.05, 0) is 51.0 Å². The topological polar surface area (TPSA) is 114 Å². The van der Waals surface area contributed by atoms with Crippen molar-refractivity contribution >= 4 is 27.4 Å². The molecule has 9 nitrogen and oxygen atoms in total. The monoisotopic (exact) mass is 478 g/mol. The molecule has 1 saturated heterocycles. The van der Waals surface area contributed by atoms with Gasteiger partial charge >= 0.3 is 5.97 Å². The molecule has 1 heterocycles. The van der Waals surface area contributed by atoms with E-state index in [0.717, 1.165) is 5.69 Å². The van der Waals surface area contributed by atoms with E-state index in [1.54, 1.807) is 26.0 Å². The van der Waals surface area contributed by atoms with Crippen LogP contribution in [-0.4, -0.2) is 59.0 Å².